The van der Waals surface area contributed by atoms with Gasteiger partial charge in [0.05, 0.1) is 11.5 Å². The first-order valence-electron chi connectivity index (χ1n) is 9.55. The molecule has 32 heavy (non-hydrogen) atoms. The molecule has 3 aromatic rings. The molecule has 0 saturated carbocycles. The number of thioether (sulfide) groups is 1. The van der Waals surface area contributed by atoms with E-state index in [9.17, 15) is 13.2 Å². The molecule has 0 unspecified atom stereocenters. The van der Waals surface area contributed by atoms with Gasteiger partial charge in [0.25, 0.3) is 0 Å². The summed E-state index contributed by atoms with van der Waals surface area (Å²) in [6, 6.07) is 15.2. The van der Waals surface area contributed by atoms with Gasteiger partial charge in [-0.1, -0.05) is 59.8 Å². The Hall–Kier alpha value is -2.88. The minimum atomic E-state index is -4.14. The van der Waals surface area contributed by atoms with Crippen LogP contribution in [0.1, 0.15) is 18.1 Å². The van der Waals surface area contributed by atoms with Gasteiger partial charge in [-0.25, -0.2) is 0 Å². The van der Waals surface area contributed by atoms with Gasteiger partial charge in [-0.2, -0.15) is 13.5 Å². The quantitative estimate of drug-likeness (QED) is 0.324. The molecule has 0 bridgehead atoms. The van der Waals surface area contributed by atoms with Crippen molar-refractivity contribution in [3.8, 4) is 5.75 Å². The number of amidine groups is 1. The molecule has 7 nitrogen and oxygen atoms in total. The molecule has 3 aromatic carbocycles. The summed E-state index contributed by atoms with van der Waals surface area (Å²) in [6.07, 6.45) is 1.41. The highest BCUT2D eigenvalue weighted by Crippen LogP contribution is 2.30. The monoisotopic (exact) mass is 487 g/mol. The van der Waals surface area contributed by atoms with E-state index in [4.69, 9.17) is 15.8 Å². The van der Waals surface area contributed by atoms with Crippen LogP contribution in [-0.2, 0) is 14.9 Å². The van der Waals surface area contributed by atoms with Crippen molar-refractivity contribution >= 4 is 61.5 Å². The zero-order chi connectivity index (χ0) is 22.9. The SMILES string of the molecule is Cc1ccc(S(=O)(=O)Oc2ccc3ccccc3c2C=NN=C2NC(=O)[C@@H](C)S2)cc1Cl. The van der Waals surface area contributed by atoms with Crippen LogP contribution in [0.15, 0.2) is 69.7 Å². The molecule has 1 heterocycles. The third-order valence-corrected chi connectivity index (χ3v) is 7.40. The van der Waals surface area contributed by atoms with E-state index in [-0.39, 0.29) is 21.8 Å². The summed E-state index contributed by atoms with van der Waals surface area (Å²) in [5, 5.41) is 12.8. The molecule has 1 amide bonds. The molecule has 0 spiro atoms. The van der Waals surface area contributed by atoms with E-state index in [1.165, 1.54) is 30.1 Å². The first-order valence-corrected chi connectivity index (χ1v) is 12.2. The van der Waals surface area contributed by atoms with E-state index in [2.05, 4.69) is 15.5 Å². The Balaban J connectivity index is 1.73. The van der Waals surface area contributed by atoms with Crippen LogP contribution >= 0.6 is 23.4 Å². The smallest absolute Gasteiger partial charge is 0.339 e. The number of benzene rings is 3. The summed E-state index contributed by atoms with van der Waals surface area (Å²) in [4.78, 5) is 11.6. The highest BCUT2D eigenvalue weighted by atomic mass is 35.5. The van der Waals surface area contributed by atoms with E-state index in [0.29, 0.717) is 15.8 Å². The Labute approximate surface area is 194 Å². The number of hydrogen-bond donors (Lipinski definition) is 1. The number of fused-ring (bicyclic) bond motifs is 1. The van der Waals surface area contributed by atoms with Crippen LogP contribution in [0.25, 0.3) is 10.8 Å². The van der Waals surface area contributed by atoms with Gasteiger partial charge in [-0.05, 0) is 48.4 Å². The summed E-state index contributed by atoms with van der Waals surface area (Å²) in [7, 11) is -4.14. The number of nitrogens with zero attached hydrogens (tertiary/aromatic N) is 2. The Morgan fingerprint density at radius 2 is 1.94 bits per heavy atom. The fourth-order valence-electron chi connectivity index (χ4n) is 3.02. The number of amides is 1. The van der Waals surface area contributed by atoms with Gasteiger partial charge in [-0.3, -0.25) is 4.79 Å². The lowest BCUT2D eigenvalue weighted by Crippen LogP contribution is -2.23. The van der Waals surface area contributed by atoms with Crippen LogP contribution in [0.5, 0.6) is 5.75 Å². The normalized spacial score (nSPS) is 17.9. The standard InChI is InChI=1S/C22H18ClN3O4S2/c1-13-7-9-16(11-19(13)23)32(28,29)30-20-10-8-15-5-3-4-6-17(15)18(20)12-24-26-22-25-21(27)14(2)31-22/h3-12,14H,1-2H3,(H,25,26,27)/t14-/m1/s1. The molecule has 0 aromatic heterocycles. The largest absolute Gasteiger partial charge is 0.378 e. The van der Waals surface area contributed by atoms with E-state index < -0.39 is 10.1 Å². The average Bonchev–Trinajstić information content (AvgIpc) is 3.08. The van der Waals surface area contributed by atoms with Crippen molar-refractivity contribution in [2.75, 3.05) is 0 Å². The molecule has 1 saturated heterocycles. The zero-order valence-electron chi connectivity index (χ0n) is 17.1. The average molecular weight is 488 g/mol. The van der Waals surface area contributed by atoms with Crippen LogP contribution in [0.3, 0.4) is 0 Å². The maximum Gasteiger partial charge on any atom is 0.339 e. The first kappa shape index (κ1) is 22.3. The van der Waals surface area contributed by atoms with Gasteiger partial charge in [-0.15, -0.1) is 5.10 Å². The topological polar surface area (TPSA) is 97.2 Å². The predicted octanol–water partition coefficient (Wildman–Crippen LogP) is 4.51. The molecule has 164 valence electrons. The van der Waals surface area contributed by atoms with E-state index >= 15 is 0 Å². The van der Waals surface area contributed by atoms with E-state index in [1.807, 2.05) is 24.3 Å². The molecule has 1 aliphatic rings. The number of carbonyl (C=O) groups excluding carboxylic acids is 1. The Kier molecular flexibility index (Phi) is 6.23. The second-order valence-corrected chi connectivity index (χ2v) is 10.3. The predicted molar refractivity (Wildman–Crippen MR) is 128 cm³/mol. The Morgan fingerprint density at radius 1 is 1.16 bits per heavy atom. The van der Waals surface area contributed by atoms with Crippen molar-refractivity contribution in [3.05, 3.63) is 70.7 Å². The van der Waals surface area contributed by atoms with Gasteiger partial charge in [0, 0.05) is 10.6 Å². The van der Waals surface area contributed by atoms with Crippen LogP contribution in [0.4, 0.5) is 0 Å². The fourth-order valence-corrected chi connectivity index (χ4v) is 5.00. The lowest BCUT2D eigenvalue weighted by molar-refractivity contribution is -0.118. The Morgan fingerprint density at radius 3 is 2.66 bits per heavy atom. The van der Waals surface area contributed by atoms with Crippen molar-refractivity contribution in [1.29, 1.82) is 0 Å². The number of rotatable bonds is 5. The molecule has 1 N–H and O–H groups in total. The van der Waals surface area contributed by atoms with Gasteiger partial charge < -0.3 is 9.50 Å². The van der Waals surface area contributed by atoms with Crippen LogP contribution in [0, 0.1) is 6.92 Å². The molecule has 1 atom stereocenters. The maximum absolute atomic E-state index is 12.9. The van der Waals surface area contributed by atoms with Crippen molar-refractivity contribution in [1.82, 2.24) is 5.32 Å². The van der Waals surface area contributed by atoms with Crippen molar-refractivity contribution < 1.29 is 17.4 Å². The molecule has 0 radical (unpaired) electrons. The minimum absolute atomic E-state index is 0.0524. The van der Waals surface area contributed by atoms with E-state index in [0.717, 1.165) is 16.3 Å². The summed E-state index contributed by atoms with van der Waals surface area (Å²) >= 11 is 7.36. The van der Waals surface area contributed by atoms with Crippen molar-refractivity contribution in [2.45, 2.75) is 24.0 Å². The van der Waals surface area contributed by atoms with Crippen LogP contribution < -0.4 is 9.50 Å². The maximum atomic E-state index is 12.9. The molecule has 10 heteroatoms. The molecule has 4 rings (SSSR count). The van der Waals surface area contributed by atoms with Gasteiger partial charge in [0.1, 0.15) is 4.90 Å². The van der Waals surface area contributed by atoms with Crippen molar-refractivity contribution in [2.24, 2.45) is 10.2 Å². The summed E-state index contributed by atoms with van der Waals surface area (Å²) in [6.45, 7) is 3.55. The summed E-state index contributed by atoms with van der Waals surface area (Å²) < 4.78 is 31.3. The third-order valence-electron chi connectivity index (χ3n) is 4.79. The fraction of sp³-hybridized carbons (Fsp3) is 0.136. The summed E-state index contributed by atoms with van der Waals surface area (Å²) in [5.74, 6) is -0.0400. The molecule has 1 fully saturated rings. The number of carbonyl (C=O) groups is 1. The number of halogens is 1. The van der Waals surface area contributed by atoms with Gasteiger partial charge in [0.2, 0.25) is 5.91 Å². The van der Waals surface area contributed by atoms with Crippen LogP contribution in [-0.4, -0.2) is 31.0 Å². The first-order chi connectivity index (χ1) is 15.2. The lowest BCUT2D eigenvalue weighted by atomic mass is 10.0. The lowest BCUT2D eigenvalue weighted by Gasteiger charge is -2.12. The van der Waals surface area contributed by atoms with Crippen LogP contribution in [0.2, 0.25) is 5.02 Å². The second-order valence-electron chi connectivity index (χ2n) is 7.05. The molecular formula is C22H18ClN3O4S2. The van der Waals surface area contributed by atoms with E-state index in [1.54, 1.807) is 32.0 Å². The zero-order valence-corrected chi connectivity index (χ0v) is 19.5. The number of hydrogen-bond acceptors (Lipinski definition) is 7. The molecule has 0 aliphatic carbocycles. The second kappa shape index (κ2) is 8.93. The molecule has 1 aliphatic heterocycles. The third kappa shape index (κ3) is 4.64. The highest BCUT2D eigenvalue weighted by Gasteiger charge is 2.26. The number of nitrogens with one attached hydrogen (secondary N) is 1. The highest BCUT2D eigenvalue weighted by molar-refractivity contribution is 8.15. The van der Waals surface area contributed by atoms with Crippen molar-refractivity contribution in [3.63, 3.8) is 0 Å². The molecular weight excluding hydrogens is 470 g/mol. The Bertz CT molecular complexity index is 1390. The van der Waals surface area contributed by atoms with Gasteiger partial charge in [0.15, 0.2) is 10.9 Å². The van der Waals surface area contributed by atoms with Gasteiger partial charge >= 0.3 is 10.1 Å². The minimum Gasteiger partial charge on any atom is -0.378 e. The number of aryl methyl sites for hydroxylation is 1. The summed E-state index contributed by atoms with van der Waals surface area (Å²) in [5.41, 5.74) is 1.20.